The molecule has 6 heteroatoms. The first-order valence-corrected chi connectivity index (χ1v) is 9.99. The Morgan fingerprint density at radius 3 is 2.31 bits per heavy atom. The third-order valence-electron chi connectivity index (χ3n) is 3.76. The standard InChI is InChI=1S/C20H14FNO2S2/c1-14-2-9-18(10-3-14)26(23,24)19(13-22)12-17-8-11-20(25-17)15-4-6-16(21)7-5-15/h2-12H,1H3/b19-12+. The van der Waals surface area contributed by atoms with E-state index in [9.17, 15) is 18.1 Å². The summed E-state index contributed by atoms with van der Waals surface area (Å²) in [5.74, 6) is -0.318. The van der Waals surface area contributed by atoms with Crippen LogP contribution in [0.15, 0.2) is 70.5 Å². The van der Waals surface area contributed by atoms with Crippen LogP contribution in [-0.4, -0.2) is 8.42 Å². The second-order valence-corrected chi connectivity index (χ2v) is 8.68. The first kappa shape index (κ1) is 18.1. The quantitative estimate of drug-likeness (QED) is 0.582. The second kappa shape index (κ2) is 7.24. The zero-order valence-corrected chi connectivity index (χ0v) is 15.4. The van der Waals surface area contributed by atoms with Crippen LogP contribution in [0.25, 0.3) is 16.5 Å². The summed E-state index contributed by atoms with van der Waals surface area (Å²) < 4.78 is 38.4. The lowest BCUT2D eigenvalue weighted by Crippen LogP contribution is -2.03. The topological polar surface area (TPSA) is 57.9 Å². The number of hydrogen-bond acceptors (Lipinski definition) is 4. The van der Waals surface area contributed by atoms with Gasteiger partial charge in [0.15, 0.2) is 4.91 Å². The highest BCUT2D eigenvalue weighted by atomic mass is 32.2. The Morgan fingerprint density at radius 2 is 1.69 bits per heavy atom. The van der Waals surface area contributed by atoms with Crippen LogP contribution in [0, 0.1) is 24.1 Å². The van der Waals surface area contributed by atoms with E-state index in [1.807, 2.05) is 13.0 Å². The normalized spacial score (nSPS) is 12.0. The zero-order valence-electron chi connectivity index (χ0n) is 13.8. The fourth-order valence-corrected chi connectivity index (χ4v) is 4.53. The van der Waals surface area contributed by atoms with Crippen LogP contribution < -0.4 is 0 Å². The van der Waals surface area contributed by atoms with Crippen LogP contribution in [-0.2, 0) is 9.84 Å². The molecule has 0 fully saturated rings. The monoisotopic (exact) mass is 383 g/mol. The molecule has 0 saturated heterocycles. The third-order valence-corrected chi connectivity index (χ3v) is 6.52. The lowest BCUT2D eigenvalue weighted by Gasteiger charge is -2.03. The summed E-state index contributed by atoms with van der Waals surface area (Å²) in [4.78, 5) is 1.28. The van der Waals surface area contributed by atoms with Crippen molar-refractivity contribution < 1.29 is 12.8 Å². The van der Waals surface area contributed by atoms with Gasteiger partial charge in [-0.25, -0.2) is 12.8 Å². The molecule has 2 aromatic carbocycles. The summed E-state index contributed by atoms with van der Waals surface area (Å²) in [7, 11) is -3.87. The van der Waals surface area contributed by atoms with Gasteiger partial charge in [0, 0.05) is 9.75 Å². The second-order valence-electron chi connectivity index (χ2n) is 5.65. The van der Waals surface area contributed by atoms with Crippen LogP contribution in [0.3, 0.4) is 0 Å². The fraction of sp³-hybridized carbons (Fsp3) is 0.0500. The Kier molecular flexibility index (Phi) is 5.03. The highest BCUT2D eigenvalue weighted by Crippen LogP contribution is 2.31. The number of allylic oxidation sites excluding steroid dienone is 1. The Labute approximate surface area is 155 Å². The van der Waals surface area contributed by atoms with E-state index in [1.54, 1.807) is 36.4 Å². The summed E-state index contributed by atoms with van der Waals surface area (Å²) in [6.45, 7) is 1.86. The van der Waals surface area contributed by atoms with Gasteiger partial charge in [-0.05, 0) is 55.0 Å². The molecule has 0 unspecified atom stereocenters. The number of halogens is 1. The van der Waals surface area contributed by atoms with E-state index in [0.29, 0.717) is 4.88 Å². The number of thiophene rings is 1. The molecule has 26 heavy (non-hydrogen) atoms. The molecule has 0 aliphatic carbocycles. The van der Waals surface area contributed by atoms with Gasteiger partial charge in [-0.2, -0.15) is 5.26 Å². The molecule has 1 heterocycles. The number of hydrogen-bond donors (Lipinski definition) is 0. The average molecular weight is 383 g/mol. The van der Waals surface area contributed by atoms with Crippen molar-refractivity contribution >= 4 is 27.3 Å². The van der Waals surface area contributed by atoms with Crippen molar-refractivity contribution in [1.82, 2.24) is 0 Å². The van der Waals surface area contributed by atoms with Crippen molar-refractivity contribution in [1.29, 1.82) is 5.26 Å². The molecule has 0 atom stereocenters. The minimum atomic E-state index is -3.87. The summed E-state index contributed by atoms with van der Waals surface area (Å²) in [5.41, 5.74) is 1.77. The molecule has 0 bridgehead atoms. The average Bonchev–Trinajstić information content (AvgIpc) is 3.09. The summed E-state index contributed by atoms with van der Waals surface area (Å²) in [6, 6.07) is 17.8. The molecule has 0 saturated carbocycles. The molecule has 3 nitrogen and oxygen atoms in total. The fourth-order valence-electron chi connectivity index (χ4n) is 2.34. The van der Waals surface area contributed by atoms with Gasteiger partial charge >= 0.3 is 0 Å². The molecule has 0 aliphatic rings. The Balaban J connectivity index is 1.96. The minimum absolute atomic E-state index is 0.0891. The maximum atomic E-state index is 13.0. The van der Waals surface area contributed by atoms with Crippen molar-refractivity contribution in [2.24, 2.45) is 0 Å². The predicted octanol–water partition coefficient (Wildman–Crippen LogP) is 5.20. The number of nitriles is 1. The van der Waals surface area contributed by atoms with Gasteiger partial charge in [0.2, 0.25) is 9.84 Å². The molecule has 0 spiro atoms. The van der Waals surface area contributed by atoms with Gasteiger partial charge in [0.25, 0.3) is 0 Å². The van der Waals surface area contributed by atoms with Crippen LogP contribution in [0.2, 0.25) is 0 Å². The molecule has 3 rings (SSSR count). The van der Waals surface area contributed by atoms with E-state index in [4.69, 9.17) is 0 Å². The van der Waals surface area contributed by atoms with Gasteiger partial charge < -0.3 is 0 Å². The number of rotatable bonds is 4. The van der Waals surface area contributed by atoms with Gasteiger partial charge in [-0.3, -0.25) is 0 Å². The summed E-state index contributed by atoms with van der Waals surface area (Å²) >= 11 is 1.33. The molecule has 1 aromatic heterocycles. The van der Waals surface area contributed by atoms with E-state index < -0.39 is 9.84 Å². The molecule has 0 aliphatic heterocycles. The van der Waals surface area contributed by atoms with E-state index in [1.165, 1.54) is 41.7 Å². The SMILES string of the molecule is Cc1ccc(S(=O)(=O)/C(C#N)=C/c2ccc(-c3ccc(F)cc3)s2)cc1. The summed E-state index contributed by atoms with van der Waals surface area (Å²) in [5, 5.41) is 9.36. The van der Waals surface area contributed by atoms with Crippen molar-refractivity contribution in [2.75, 3.05) is 0 Å². The van der Waals surface area contributed by atoms with Gasteiger partial charge in [0.05, 0.1) is 4.90 Å². The lowest BCUT2D eigenvalue weighted by molar-refractivity contribution is 0.603. The van der Waals surface area contributed by atoms with Crippen LogP contribution in [0.4, 0.5) is 4.39 Å². The van der Waals surface area contributed by atoms with E-state index in [0.717, 1.165) is 16.0 Å². The van der Waals surface area contributed by atoms with Crippen molar-refractivity contribution in [3.05, 3.63) is 81.8 Å². The number of benzene rings is 2. The highest BCUT2D eigenvalue weighted by Gasteiger charge is 2.21. The Morgan fingerprint density at radius 1 is 1.04 bits per heavy atom. The van der Waals surface area contributed by atoms with Gasteiger partial charge in [0.1, 0.15) is 11.9 Å². The maximum Gasteiger partial charge on any atom is 0.216 e. The van der Waals surface area contributed by atoms with E-state index in [2.05, 4.69) is 0 Å². The van der Waals surface area contributed by atoms with Crippen molar-refractivity contribution in [2.45, 2.75) is 11.8 Å². The van der Waals surface area contributed by atoms with E-state index in [-0.39, 0.29) is 15.6 Å². The van der Waals surface area contributed by atoms with E-state index >= 15 is 0 Å². The lowest BCUT2D eigenvalue weighted by atomic mass is 10.2. The first-order valence-electron chi connectivity index (χ1n) is 7.69. The minimum Gasteiger partial charge on any atom is -0.218 e. The van der Waals surface area contributed by atoms with Crippen molar-refractivity contribution in [3.63, 3.8) is 0 Å². The first-order chi connectivity index (χ1) is 12.4. The molecule has 0 radical (unpaired) electrons. The largest absolute Gasteiger partial charge is 0.218 e. The van der Waals surface area contributed by atoms with Crippen LogP contribution in [0.1, 0.15) is 10.4 Å². The Hall–Kier alpha value is -2.75. The zero-order chi connectivity index (χ0) is 18.7. The molecule has 130 valence electrons. The van der Waals surface area contributed by atoms with Crippen LogP contribution in [0.5, 0.6) is 0 Å². The maximum absolute atomic E-state index is 13.0. The summed E-state index contributed by atoms with van der Waals surface area (Å²) in [6.07, 6.45) is 1.37. The molecule has 3 aromatic rings. The molecule has 0 amide bonds. The number of sulfone groups is 1. The van der Waals surface area contributed by atoms with Crippen molar-refractivity contribution in [3.8, 4) is 16.5 Å². The molecular weight excluding hydrogens is 369 g/mol. The molecule has 0 N–H and O–H groups in total. The number of nitrogens with zero attached hydrogens (tertiary/aromatic N) is 1. The molecular formula is C20H14FNO2S2. The smallest absolute Gasteiger partial charge is 0.216 e. The predicted molar refractivity (Wildman–Crippen MR) is 102 cm³/mol. The van der Waals surface area contributed by atoms with Gasteiger partial charge in [-0.15, -0.1) is 11.3 Å². The van der Waals surface area contributed by atoms with Gasteiger partial charge in [-0.1, -0.05) is 29.8 Å². The third kappa shape index (κ3) is 3.74. The highest BCUT2D eigenvalue weighted by molar-refractivity contribution is 7.95. The Bertz CT molecular complexity index is 1100. The van der Waals surface area contributed by atoms with Crippen LogP contribution >= 0.6 is 11.3 Å². The number of aryl methyl sites for hydroxylation is 1.